The summed E-state index contributed by atoms with van der Waals surface area (Å²) in [6, 6.07) is 2.28. The predicted molar refractivity (Wildman–Crippen MR) is 77.8 cm³/mol. The van der Waals surface area contributed by atoms with Crippen LogP contribution < -0.4 is 5.32 Å². The van der Waals surface area contributed by atoms with Crippen molar-refractivity contribution in [2.45, 2.75) is 33.2 Å². The minimum absolute atomic E-state index is 0.376. The van der Waals surface area contributed by atoms with Gasteiger partial charge in [0.1, 0.15) is 5.76 Å². The Labute approximate surface area is 131 Å². The number of carbonyl (C=O) groups is 1. The Morgan fingerprint density at radius 2 is 1.91 bits per heavy atom. The van der Waals surface area contributed by atoms with Gasteiger partial charge >= 0.3 is 0 Å². The third-order valence-electron chi connectivity index (χ3n) is 3.36. The van der Waals surface area contributed by atoms with Crippen LogP contribution in [0.3, 0.4) is 0 Å². The molecule has 0 radical (unpaired) electrons. The standard InChI is InChI=1S/C15H15ClF2N2O2/c1-7-11(8(2)22-20-7)15(3,4)19-14(21)9-5-6-10(16)13(18)12(9)17/h5-6H,1-4H3,(H,19,21). The molecule has 1 amide bonds. The van der Waals surface area contributed by atoms with Crippen molar-refractivity contribution in [3.8, 4) is 0 Å². The summed E-state index contributed by atoms with van der Waals surface area (Å²) in [5.41, 5.74) is 0.0244. The maximum absolute atomic E-state index is 13.8. The van der Waals surface area contributed by atoms with E-state index >= 15 is 0 Å². The maximum atomic E-state index is 13.8. The van der Waals surface area contributed by atoms with Crippen LogP contribution in [0.2, 0.25) is 5.02 Å². The number of halogens is 3. The SMILES string of the molecule is Cc1noc(C)c1C(C)(C)NC(=O)c1ccc(Cl)c(F)c1F. The lowest BCUT2D eigenvalue weighted by molar-refractivity contribution is 0.0906. The highest BCUT2D eigenvalue weighted by atomic mass is 35.5. The van der Waals surface area contributed by atoms with E-state index in [1.165, 1.54) is 0 Å². The van der Waals surface area contributed by atoms with Crippen molar-refractivity contribution in [2.75, 3.05) is 0 Å². The van der Waals surface area contributed by atoms with Gasteiger partial charge in [0.05, 0.1) is 21.8 Å². The van der Waals surface area contributed by atoms with Crippen LogP contribution in [0.1, 0.15) is 41.2 Å². The van der Waals surface area contributed by atoms with E-state index in [9.17, 15) is 13.6 Å². The lowest BCUT2D eigenvalue weighted by Crippen LogP contribution is -2.42. The fourth-order valence-electron chi connectivity index (χ4n) is 2.49. The van der Waals surface area contributed by atoms with E-state index in [1.54, 1.807) is 27.7 Å². The Bertz CT molecular complexity index is 722. The topological polar surface area (TPSA) is 55.1 Å². The summed E-state index contributed by atoms with van der Waals surface area (Å²) in [4.78, 5) is 12.3. The normalized spacial score (nSPS) is 11.6. The Hall–Kier alpha value is -1.95. The maximum Gasteiger partial charge on any atom is 0.255 e. The average Bonchev–Trinajstić information content (AvgIpc) is 2.75. The molecule has 7 heteroatoms. The molecule has 0 bridgehead atoms. The smallest absolute Gasteiger partial charge is 0.255 e. The fraction of sp³-hybridized carbons (Fsp3) is 0.333. The zero-order valence-electron chi connectivity index (χ0n) is 12.6. The molecule has 0 aliphatic rings. The molecular formula is C15H15ClF2N2O2. The van der Waals surface area contributed by atoms with Crippen molar-refractivity contribution in [2.24, 2.45) is 0 Å². The third-order valence-corrected chi connectivity index (χ3v) is 3.66. The van der Waals surface area contributed by atoms with Crippen LogP contribution >= 0.6 is 11.6 Å². The predicted octanol–water partition coefficient (Wildman–Crippen LogP) is 3.89. The quantitative estimate of drug-likeness (QED) is 0.870. The number of nitrogens with one attached hydrogen (secondary N) is 1. The summed E-state index contributed by atoms with van der Waals surface area (Å²) in [5, 5.41) is 6.11. The third kappa shape index (κ3) is 2.83. The summed E-state index contributed by atoms with van der Waals surface area (Å²) >= 11 is 5.48. The average molecular weight is 329 g/mol. The zero-order chi connectivity index (χ0) is 16.7. The number of rotatable bonds is 3. The van der Waals surface area contributed by atoms with E-state index in [4.69, 9.17) is 16.1 Å². The Balaban J connectivity index is 2.35. The molecule has 0 aliphatic heterocycles. The first-order valence-electron chi connectivity index (χ1n) is 6.54. The number of amides is 1. The van der Waals surface area contributed by atoms with E-state index in [0.717, 1.165) is 12.1 Å². The van der Waals surface area contributed by atoms with Gasteiger partial charge in [0, 0.05) is 5.56 Å². The summed E-state index contributed by atoms with van der Waals surface area (Å²) in [6.07, 6.45) is 0. The Morgan fingerprint density at radius 1 is 1.27 bits per heavy atom. The molecule has 22 heavy (non-hydrogen) atoms. The summed E-state index contributed by atoms with van der Waals surface area (Å²) < 4.78 is 32.4. The Kier molecular flexibility index (Phi) is 4.24. The van der Waals surface area contributed by atoms with Crippen molar-refractivity contribution < 1.29 is 18.1 Å². The van der Waals surface area contributed by atoms with Gasteiger partial charge in [-0.15, -0.1) is 0 Å². The van der Waals surface area contributed by atoms with Crippen molar-refractivity contribution in [3.05, 3.63) is 51.4 Å². The highest BCUT2D eigenvalue weighted by Crippen LogP contribution is 2.28. The first kappa shape index (κ1) is 16.4. The van der Waals surface area contributed by atoms with Crippen molar-refractivity contribution in [1.29, 1.82) is 0 Å². The van der Waals surface area contributed by atoms with Crippen LogP contribution in [0.5, 0.6) is 0 Å². The minimum atomic E-state index is -1.28. The van der Waals surface area contributed by atoms with E-state index in [-0.39, 0.29) is 5.02 Å². The first-order chi connectivity index (χ1) is 10.1. The van der Waals surface area contributed by atoms with Crippen LogP contribution in [0.15, 0.2) is 16.7 Å². The van der Waals surface area contributed by atoms with Gasteiger partial charge in [-0.2, -0.15) is 0 Å². The van der Waals surface area contributed by atoms with Crippen LogP contribution in [0.25, 0.3) is 0 Å². The summed E-state index contributed by atoms with van der Waals surface area (Å²) in [6.45, 7) is 6.90. The summed E-state index contributed by atoms with van der Waals surface area (Å²) in [5.74, 6) is -2.73. The lowest BCUT2D eigenvalue weighted by atomic mass is 9.92. The highest BCUT2D eigenvalue weighted by molar-refractivity contribution is 6.30. The van der Waals surface area contributed by atoms with E-state index in [2.05, 4.69) is 10.5 Å². The molecule has 0 atom stereocenters. The fourth-order valence-corrected chi connectivity index (χ4v) is 2.64. The second-order valence-corrected chi connectivity index (χ2v) is 5.91. The molecule has 0 saturated heterocycles. The molecule has 2 rings (SSSR count). The van der Waals surface area contributed by atoms with Gasteiger partial charge in [0.15, 0.2) is 11.6 Å². The van der Waals surface area contributed by atoms with E-state index in [0.29, 0.717) is 17.0 Å². The van der Waals surface area contributed by atoms with Gasteiger partial charge < -0.3 is 9.84 Å². The molecule has 4 nitrogen and oxygen atoms in total. The van der Waals surface area contributed by atoms with Crippen molar-refractivity contribution in [1.82, 2.24) is 10.5 Å². The first-order valence-corrected chi connectivity index (χ1v) is 6.92. The molecule has 2 aromatic rings. The van der Waals surface area contributed by atoms with Gasteiger partial charge in [0.2, 0.25) is 0 Å². The number of nitrogens with zero attached hydrogens (tertiary/aromatic N) is 1. The number of aromatic nitrogens is 1. The van der Waals surface area contributed by atoms with E-state index < -0.39 is 28.6 Å². The number of benzene rings is 1. The van der Waals surface area contributed by atoms with Crippen molar-refractivity contribution in [3.63, 3.8) is 0 Å². The van der Waals surface area contributed by atoms with Gasteiger partial charge in [-0.25, -0.2) is 8.78 Å². The zero-order valence-corrected chi connectivity index (χ0v) is 13.3. The molecular weight excluding hydrogens is 314 g/mol. The molecule has 0 fully saturated rings. The van der Waals surface area contributed by atoms with Gasteiger partial charge in [-0.05, 0) is 39.8 Å². The number of hydrogen-bond donors (Lipinski definition) is 1. The van der Waals surface area contributed by atoms with Crippen LogP contribution in [0.4, 0.5) is 8.78 Å². The van der Waals surface area contributed by atoms with Gasteiger partial charge in [-0.3, -0.25) is 4.79 Å². The second-order valence-electron chi connectivity index (χ2n) is 5.50. The molecule has 0 spiro atoms. The molecule has 0 saturated carbocycles. The highest BCUT2D eigenvalue weighted by Gasteiger charge is 2.31. The lowest BCUT2D eigenvalue weighted by Gasteiger charge is -2.26. The van der Waals surface area contributed by atoms with Crippen LogP contribution in [-0.4, -0.2) is 11.1 Å². The molecule has 0 aliphatic carbocycles. The van der Waals surface area contributed by atoms with Crippen LogP contribution in [0, 0.1) is 25.5 Å². The van der Waals surface area contributed by atoms with E-state index in [1.807, 2.05) is 0 Å². The van der Waals surface area contributed by atoms with Crippen molar-refractivity contribution >= 4 is 17.5 Å². The molecule has 1 aromatic carbocycles. The molecule has 118 valence electrons. The largest absolute Gasteiger partial charge is 0.361 e. The van der Waals surface area contributed by atoms with Gasteiger partial charge in [-0.1, -0.05) is 16.8 Å². The number of hydrogen-bond acceptors (Lipinski definition) is 3. The van der Waals surface area contributed by atoms with Gasteiger partial charge in [0.25, 0.3) is 5.91 Å². The molecule has 1 heterocycles. The Morgan fingerprint density at radius 3 is 2.45 bits per heavy atom. The summed E-state index contributed by atoms with van der Waals surface area (Å²) in [7, 11) is 0. The molecule has 0 unspecified atom stereocenters. The number of carbonyl (C=O) groups excluding carboxylic acids is 1. The minimum Gasteiger partial charge on any atom is -0.361 e. The van der Waals surface area contributed by atoms with Crippen LogP contribution in [-0.2, 0) is 5.54 Å². The monoisotopic (exact) mass is 328 g/mol. The second kappa shape index (κ2) is 5.68. The molecule has 1 N–H and O–H groups in total. The number of aryl methyl sites for hydroxylation is 2. The molecule has 1 aromatic heterocycles.